The largest absolute Gasteiger partial charge is 0.496 e. The van der Waals surface area contributed by atoms with E-state index in [-0.39, 0.29) is 23.8 Å². The number of anilines is 1. The number of pyridine rings is 1. The zero-order valence-electron chi connectivity index (χ0n) is 30.5. The molecule has 4 N–H and O–H groups in total. The molecule has 284 valence electrons. The lowest BCUT2D eigenvalue weighted by atomic mass is 9.81. The molecule has 54 heavy (non-hydrogen) atoms. The number of methoxy groups -OCH3 is 1. The Morgan fingerprint density at radius 3 is 2.57 bits per heavy atom. The highest BCUT2D eigenvalue weighted by Crippen LogP contribution is 2.41. The SMILES string of the molecule is COc1cc(-c2nccc(-c3cccc(NC(=O)c4nc5c(n4C)CN(CC4CCC(C(=O)O)CC4)CC5)c3Cl)c2Cl)ccc1CNC[C@@H]1CCC(=O)N1. The van der Waals surface area contributed by atoms with E-state index >= 15 is 0 Å². The Morgan fingerprint density at radius 1 is 1.04 bits per heavy atom. The summed E-state index contributed by atoms with van der Waals surface area (Å²) < 4.78 is 7.59. The molecular formula is C40H45Cl2N7O5. The van der Waals surface area contributed by atoms with Crippen molar-refractivity contribution in [3.63, 3.8) is 0 Å². The first-order valence-corrected chi connectivity index (χ1v) is 19.3. The number of hydrogen-bond acceptors (Lipinski definition) is 8. The average molecular weight is 775 g/mol. The Hall–Kier alpha value is -4.49. The second-order valence-corrected chi connectivity index (χ2v) is 15.3. The minimum absolute atomic E-state index is 0.0929. The van der Waals surface area contributed by atoms with Crippen molar-refractivity contribution in [1.29, 1.82) is 0 Å². The van der Waals surface area contributed by atoms with E-state index in [0.717, 1.165) is 74.1 Å². The van der Waals surface area contributed by atoms with Gasteiger partial charge in [0.1, 0.15) is 5.75 Å². The van der Waals surface area contributed by atoms with E-state index in [1.165, 1.54) is 0 Å². The quantitative estimate of drug-likeness (QED) is 0.129. The summed E-state index contributed by atoms with van der Waals surface area (Å²) in [5.74, 6) is 0.307. The van der Waals surface area contributed by atoms with Crippen molar-refractivity contribution in [2.45, 2.75) is 64.1 Å². The summed E-state index contributed by atoms with van der Waals surface area (Å²) in [6.07, 6.45) is 7.14. The Bertz CT molecular complexity index is 2060. The minimum atomic E-state index is -0.683. The number of benzene rings is 2. The molecule has 0 bridgehead atoms. The van der Waals surface area contributed by atoms with E-state index in [4.69, 9.17) is 32.9 Å². The maximum Gasteiger partial charge on any atom is 0.306 e. The number of nitrogens with zero attached hydrogens (tertiary/aromatic N) is 4. The number of nitrogens with one attached hydrogen (secondary N) is 3. The summed E-state index contributed by atoms with van der Waals surface area (Å²) >= 11 is 14.0. The number of halogens is 2. The van der Waals surface area contributed by atoms with Gasteiger partial charge in [0.05, 0.1) is 45.8 Å². The fourth-order valence-electron chi connectivity index (χ4n) is 7.97. The highest BCUT2D eigenvalue weighted by Gasteiger charge is 2.30. The molecule has 0 radical (unpaired) electrons. The van der Waals surface area contributed by atoms with Crippen LogP contribution >= 0.6 is 23.2 Å². The van der Waals surface area contributed by atoms with Crippen LogP contribution < -0.4 is 20.7 Å². The molecule has 2 aromatic carbocycles. The Morgan fingerprint density at radius 2 is 1.83 bits per heavy atom. The molecule has 1 saturated carbocycles. The maximum atomic E-state index is 13.7. The Balaban J connectivity index is 1.03. The van der Waals surface area contributed by atoms with E-state index in [1.54, 1.807) is 25.4 Å². The molecule has 4 aromatic rings. The smallest absolute Gasteiger partial charge is 0.306 e. The fraction of sp³-hybridized carbons (Fsp3) is 0.425. The first-order valence-electron chi connectivity index (χ1n) is 18.5. The van der Waals surface area contributed by atoms with Gasteiger partial charge in [0.25, 0.3) is 5.91 Å². The lowest BCUT2D eigenvalue weighted by Gasteiger charge is -2.33. The minimum Gasteiger partial charge on any atom is -0.496 e. The van der Waals surface area contributed by atoms with E-state index in [0.29, 0.717) is 76.1 Å². The van der Waals surface area contributed by atoms with Crippen LogP contribution in [0.1, 0.15) is 66.1 Å². The van der Waals surface area contributed by atoms with Gasteiger partial charge in [0.2, 0.25) is 5.91 Å². The molecule has 2 aliphatic heterocycles. The predicted octanol–water partition coefficient (Wildman–Crippen LogP) is 6.33. The molecule has 2 aromatic heterocycles. The zero-order valence-corrected chi connectivity index (χ0v) is 32.0. The first kappa shape index (κ1) is 37.8. The number of rotatable bonds is 12. The molecule has 4 heterocycles. The van der Waals surface area contributed by atoms with Crippen LogP contribution in [0.5, 0.6) is 5.75 Å². The van der Waals surface area contributed by atoms with E-state index in [2.05, 4.69) is 25.8 Å². The fourth-order valence-corrected chi connectivity index (χ4v) is 8.57. The topological polar surface area (TPSA) is 151 Å². The van der Waals surface area contributed by atoms with Crippen molar-refractivity contribution in [3.05, 3.63) is 81.5 Å². The van der Waals surface area contributed by atoms with Crippen molar-refractivity contribution in [2.24, 2.45) is 18.9 Å². The number of carboxylic acid groups (broad SMARTS) is 1. The number of amides is 2. The first-order chi connectivity index (χ1) is 26.1. The summed E-state index contributed by atoms with van der Waals surface area (Å²) in [5.41, 5.74) is 5.97. The van der Waals surface area contributed by atoms with Crippen molar-refractivity contribution < 1.29 is 24.2 Å². The van der Waals surface area contributed by atoms with Crippen LogP contribution in [0.2, 0.25) is 10.0 Å². The third-order valence-electron chi connectivity index (χ3n) is 11.0. The van der Waals surface area contributed by atoms with Gasteiger partial charge in [0.15, 0.2) is 5.82 Å². The highest BCUT2D eigenvalue weighted by atomic mass is 35.5. The number of carbonyl (C=O) groups excluding carboxylic acids is 2. The van der Waals surface area contributed by atoms with E-state index in [9.17, 15) is 19.5 Å². The van der Waals surface area contributed by atoms with E-state index in [1.807, 2.05) is 41.9 Å². The van der Waals surface area contributed by atoms with Crippen LogP contribution in [-0.4, -0.2) is 75.1 Å². The number of aromatic nitrogens is 3. The third-order valence-corrected chi connectivity index (χ3v) is 11.8. The average Bonchev–Trinajstić information content (AvgIpc) is 3.74. The second kappa shape index (κ2) is 16.5. The number of ether oxygens (including phenoxy) is 1. The van der Waals surface area contributed by atoms with Gasteiger partial charge in [-0.1, -0.05) is 47.5 Å². The lowest BCUT2D eigenvalue weighted by molar-refractivity contribution is -0.143. The number of carbonyl (C=O) groups is 3. The van der Waals surface area contributed by atoms with Crippen LogP contribution in [-0.2, 0) is 36.1 Å². The summed E-state index contributed by atoms with van der Waals surface area (Å²) in [6, 6.07) is 13.2. The third kappa shape index (κ3) is 8.12. The number of carboxylic acids is 1. The van der Waals surface area contributed by atoms with Crippen LogP contribution in [0.3, 0.4) is 0 Å². The zero-order chi connectivity index (χ0) is 37.9. The van der Waals surface area contributed by atoms with Crippen LogP contribution in [0.15, 0.2) is 48.7 Å². The normalized spacial score (nSPS) is 20.0. The molecule has 1 atom stereocenters. The molecule has 14 heteroatoms. The highest BCUT2D eigenvalue weighted by molar-refractivity contribution is 6.39. The van der Waals surface area contributed by atoms with Crippen molar-refractivity contribution in [1.82, 2.24) is 30.1 Å². The molecule has 1 aliphatic carbocycles. The van der Waals surface area contributed by atoms with Gasteiger partial charge in [-0.15, -0.1) is 0 Å². The Kier molecular flexibility index (Phi) is 11.5. The summed E-state index contributed by atoms with van der Waals surface area (Å²) in [4.78, 5) is 48.3. The van der Waals surface area contributed by atoms with Crippen molar-refractivity contribution >= 4 is 46.7 Å². The van der Waals surface area contributed by atoms with Crippen LogP contribution in [0, 0.1) is 11.8 Å². The van der Waals surface area contributed by atoms with E-state index < -0.39 is 5.97 Å². The van der Waals surface area contributed by atoms with Crippen molar-refractivity contribution in [2.75, 3.05) is 32.1 Å². The van der Waals surface area contributed by atoms with Gasteiger partial charge in [-0.3, -0.25) is 24.3 Å². The summed E-state index contributed by atoms with van der Waals surface area (Å²) in [5, 5.41) is 19.5. The molecule has 0 spiro atoms. The molecule has 2 amide bonds. The molecule has 0 unspecified atom stereocenters. The number of aliphatic carboxylic acids is 1. The van der Waals surface area contributed by atoms with Crippen molar-refractivity contribution in [3.8, 4) is 28.1 Å². The molecule has 12 nitrogen and oxygen atoms in total. The molecule has 2 fully saturated rings. The van der Waals surface area contributed by atoms with Crippen LogP contribution in [0.25, 0.3) is 22.4 Å². The molecule has 3 aliphatic rings. The maximum absolute atomic E-state index is 13.7. The number of imidazole rings is 1. The van der Waals surface area contributed by atoms with Gasteiger partial charge < -0.3 is 30.4 Å². The monoisotopic (exact) mass is 773 g/mol. The van der Waals surface area contributed by atoms with Gasteiger partial charge in [-0.2, -0.15) is 0 Å². The van der Waals surface area contributed by atoms with Gasteiger partial charge in [-0.05, 0) is 56.2 Å². The summed E-state index contributed by atoms with van der Waals surface area (Å²) in [6.45, 7) is 3.71. The Labute approximate surface area is 324 Å². The number of hydrogen-bond donors (Lipinski definition) is 4. The standard InChI is InChI=1S/C40H45Cl2N7O5/c1-48-32-22-49(21-23-6-8-24(9-7-23)40(52)53)17-15-30(32)46-38(48)39(51)47-31-5-3-4-28(35(31)41)29-14-16-44-37(36(29)42)25-10-11-26(33(18-25)54-2)19-43-20-27-12-13-34(50)45-27/h3-5,10-11,14,16,18,23-24,27,43H,6-9,12-13,15,17,19-22H2,1-2H3,(H,45,50)(H,47,51)(H,52,53)/t23?,24?,27-/m0/s1. The van der Waals surface area contributed by atoms with Gasteiger partial charge in [-0.25, -0.2) is 4.98 Å². The predicted molar refractivity (Wildman–Crippen MR) is 208 cm³/mol. The molecular weight excluding hydrogens is 729 g/mol. The second-order valence-electron chi connectivity index (χ2n) is 14.5. The van der Waals surface area contributed by atoms with Gasteiger partial charge >= 0.3 is 5.97 Å². The van der Waals surface area contributed by atoms with Crippen LogP contribution in [0.4, 0.5) is 5.69 Å². The van der Waals surface area contributed by atoms with Gasteiger partial charge in [0, 0.05) is 87.1 Å². The number of fused-ring (bicyclic) bond motifs is 1. The molecule has 7 rings (SSSR count). The lowest BCUT2D eigenvalue weighted by Crippen LogP contribution is -2.37. The summed E-state index contributed by atoms with van der Waals surface area (Å²) in [7, 11) is 3.49. The molecule has 1 saturated heterocycles.